The molecule has 3 heterocycles. The number of aromatic amines is 1. The molecule has 0 saturated carbocycles. The number of nitrogens with zero attached hydrogens (tertiary/aromatic N) is 3. The standard InChI is InChI=1S/C16H18N6O2/c17-16-20-14-5-9(13-3-4-18-22-13)1-2-12(14)15(21-16)19-10-6-11(23)8-24-7-10/h1-5,10-11,23H,6-8H2,(H,18,22)(H3,17,19,20,21)/t10-,11+/m1/s1. The van der Waals surface area contributed by atoms with Gasteiger partial charge in [0, 0.05) is 17.1 Å². The number of hydrogen-bond donors (Lipinski definition) is 4. The van der Waals surface area contributed by atoms with Gasteiger partial charge in [-0.15, -0.1) is 0 Å². The van der Waals surface area contributed by atoms with Gasteiger partial charge >= 0.3 is 0 Å². The fourth-order valence-electron chi connectivity index (χ4n) is 2.95. The monoisotopic (exact) mass is 326 g/mol. The van der Waals surface area contributed by atoms with Gasteiger partial charge in [-0.05, 0) is 24.6 Å². The van der Waals surface area contributed by atoms with Crippen LogP contribution in [0.2, 0.25) is 0 Å². The van der Waals surface area contributed by atoms with Crippen LogP contribution in [0.5, 0.6) is 0 Å². The third kappa shape index (κ3) is 2.89. The van der Waals surface area contributed by atoms with Crippen molar-refractivity contribution in [3.8, 4) is 11.3 Å². The molecule has 1 aliphatic heterocycles. The summed E-state index contributed by atoms with van der Waals surface area (Å²) in [5.41, 5.74) is 8.49. The zero-order chi connectivity index (χ0) is 16.5. The first kappa shape index (κ1) is 14.9. The molecule has 0 spiro atoms. The maximum Gasteiger partial charge on any atom is 0.222 e. The highest BCUT2D eigenvalue weighted by Gasteiger charge is 2.22. The first-order chi connectivity index (χ1) is 11.7. The molecule has 8 nitrogen and oxygen atoms in total. The summed E-state index contributed by atoms with van der Waals surface area (Å²) in [7, 11) is 0. The van der Waals surface area contributed by atoms with Gasteiger partial charge in [0.25, 0.3) is 0 Å². The van der Waals surface area contributed by atoms with Crippen LogP contribution in [0.25, 0.3) is 22.2 Å². The highest BCUT2D eigenvalue weighted by Crippen LogP contribution is 2.27. The molecule has 4 rings (SSSR count). The van der Waals surface area contributed by atoms with E-state index in [0.29, 0.717) is 25.5 Å². The molecule has 124 valence electrons. The maximum absolute atomic E-state index is 9.74. The molecular formula is C16H18N6O2. The Morgan fingerprint density at radius 3 is 2.96 bits per heavy atom. The van der Waals surface area contributed by atoms with Gasteiger partial charge in [0.1, 0.15) is 5.82 Å². The minimum atomic E-state index is -0.464. The van der Waals surface area contributed by atoms with E-state index < -0.39 is 6.10 Å². The quantitative estimate of drug-likeness (QED) is 0.570. The summed E-state index contributed by atoms with van der Waals surface area (Å²) in [5, 5.41) is 20.8. The average molecular weight is 326 g/mol. The van der Waals surface area contributed by atoms with E-state index in [9.17, 15) is 5.11 Å². The van der Waals surface area contributed by atoms with Crippen molar-refractivity contribution in [1.82, 2.24) is 20.2 Å². The second-order valence-corrected chi connectivity index (χ2v) is 5.90. The van der Waals surface area contributed by atoms with Crippen LogP contribution in [0.4, 0.5) is 11.8 Å². The third-order valence-corrected chi connectivity index (χ3v) is 4.05. The van der Waals surface area contributed by atoms with Crippen molar-refractivity contribution in [1.29, 1.82) is 0 Å². The molecule has 5 N–H and O–H groups in total. The van der Waals surface area contributed by atoms with Crippen LogP contribution in [0.3, 0.4) is 0 Å². The van der Waals surface area contributed by atoms with Crippen LogP contribution in [0.15, 0.2) is 30.5 Å². The van der Waals surface area contributed by atoms with Crippen LogP contribution >= 0.6 is 0 Å². The number of nitrogens with two attached hydrogens (primary N) is 1. The van der Waals surface area contributed by atoms with Crippen LogP contribution in [-0.2, 0) is 4.74 Å². The lowest BCUT2D eigenvalue weighted by molar-refractivity contribution is -0.0117. The van der Waals surface area contributed by atoms with Crippen molar-refractivity contribution in [2.24, 2.45) is 0 Å². The number of fused-ring (bicyclic) bond motifs is 1. The Morgan fingerprint density at radius 1 is 1.25 bits per heavy atom. The number of nitrogen functional groups attached to an aromatic ring is 1. The van der Waals surface area contributed by atoms with Gasteiger partial charge in [0.2, 0.25) is 5.95 Å². The summed E-state index contributed by atoms with van der Waals surface area (Å²) < 4.78 is 5.38. The lowest BCUT2D eigenvalue weighted by Gasteiger charge is -2.27. The lowest BCUT2D eigenvalue weighted by Crippen LogP contribution is -2.38. The van der Waals surface area contributed by atoms with Crippen molar-refractivity contribution in [3.05, 3.63) is 30.5 Å². The second-order valence-electron chi connectivity index (χ2n) is 5.90. The number of aromatic nitrogens is 4. The predicted octanol–water partition coefficient (Wildman–Crippen LogP) is 1.16. The van der Waals surface area contributed by atoms with Crippen LogP contribution in [-0.4, -0.2) is 50.6 Å². The van der Waals surface area contributed by atoms with Gasteiger partial charge in [0.05, 0.1) is 36.6 Å². The zero-order valence-electron chi connectivity index (χ0n) is 12.9. The molecule has 0 bridgehead atoms. The first-order valence-electron chi connectivity index (χ1n) is 7.78. The maximum atomic E-state index is 9.74. The molecular weight excluding hydrogens is 308 g/mol. The fraction of sp³-hybridized carbons (Fsp3) is 0.312. The summed E-state index contributed by atoms with van der Waals surface area (Å²) in [6, 6.07) is 7.75. The summed E-state index contributed by atoms with van der Waals surface area (Å²) in [5.74, 6) is 0.848. The summed E-state index contributed by atoms with van der Waals surface area (Å²) in [6.45, 7) is 0.896. The Hall–Kier alpha value is -2.71. The van der Waals surface area contributed by atoms with Crippen molar-refractivity contribution in [2.75, 3.05) is 24.3 Å². The Balaban J connectivity index is 1.70. The number of benzene rings is 1. The van der Waals surface area contributed by atoms with Gasteiger partial charge in [-0.3, -0.25) is 5.10 Å². The number of hydrogen-bond acceptors (Lipinski definition) is 7. The molecule has 0 aliphatic carbocycles. The number of nitrogens with one attached hydrogen (secondary N) is 2. The summed E-state index contributed by atoms with van der Waals surface area (Å²) >= 11 is 0. The Kier molecular flexibility index (Phi) is 3.75. The minimum Gasteiger partial charge on any atom is -0.391 e. The van der Waals surface area contributed by atoms with E-state index in [1.54, 1.807) is 6.20 Å². The number of aliphatic hydroxyl groups excluding tert-OH is 1. The van der Waals surface area contributed by atoms with Gasteiger partial charge in [-0.1, -0.05) is 6.07 Å². The highest BCUT2D eigenvalue weighted by molar-refractivity contribution is 5.92. The van der Waals surface area contributed by atoms with E-state index in [2.05, 4.69) is 25.5 Å². The Morgan fingerprint density at radius 2 is 2.17 bits per heavy atom. The molecule has 8 heteroatoms. The number of H-pyrrole nitrogens is 1. The highest BCUT2D eigenvalue weighted by atomic mass is 16.5. The van der Waals surface area contributed by atoms with Gasteiger partial charge < -0.3 is 20.9 Å². The Labute approximate surface area is 138 Å². The van der Waals surface area contributed by atoms with Crippen molar-refractivity contribution >= 4 is 22.7 Å². The van der Waals surface area contributed by atoms with E-state index in [0.717, 1.165) is 22.2 Å². The predicted molar refractivity (Wildman–Crippen MR) is 90.4 cm³/mol. The van der Waals surface area contributed by atoms with E-state index in [1.807, 2.05) is 24.3 Å². The van der Waals surface area contributed by atoms with Crippen LogP contribution in [0, 0.1) is 0 Å². The number of rotatable bonds is 3. The van der Waals surface area contributed by atoms with Crippen molar-refractivity contribution in [2.45, 2.75) is 18.6 Å². The van der Waals surface area contributed by atoms with Gasteiger partial charge in [0.15, 0.2) is 0 Å². The van der Waals surface area contributed by atoms with Gasteiger partial charge in [-0.25, -0.2) is 4.98 Å². The second kappa shape index (κ2) is 6.06. The summed E-state index contributed by atoms with van der Waals surface area (Å²) in [6.07, 6.45) is 1.85. The molecule has 1 aromatic carbocycles. The average Bonchev–Trinajstić information content (AvgIpc) is 3.08. The fourth-order valence-corrected chi connectivity index (χ4v) is 2.95. The van der Waals surface area contributed by atoms with E-state index in [4.69, 9.17) is 10.5 Å². The van der Waals surface area contributed by atoms with E-state index >= 15 is 0 Å². The van der Waals surface area contributed by atoms with E-state index in [1.165, 1.54) is 0 Å². The van der Waals surface area contributed by atoms with Crippen molar-refractivity contribution < 1.29 is 9.84 Å². The molecule has 1 fully saturated rings. The number of anilines is 2. The topological polar surface area (TPSA) is 122 Å². The molecule has 24 heavy (non-hydrogen) atoms. The largest absolute Gasteiger partial charge is 0.391 e. The molecule has 1 saturated heterocycles. The molecule has 0 amide bonds. The van der Waals surface area contributed by atoms with E-state index in [-0.39, 0.29) is 12.0 Å². The lowest BCUT2D eigenvalue weighted by atomic mass is 10.1. The first-order valence-corrected chi connectivity index (χ1v) is 7.78. The molecule has 0 unspecified atom stereocenters. The van der Waals surface area contributed by atoms with Crippen LogP contribution in [0.1, 0.15) is 6.42 Å². The number of aliphatic hydroxyl groups is 1. The molecule has 0 radical (unpaired) electrons. The minimum absolute atomic E-state index is 0.0152. The van der Waals surface area contributed by atoms with Gasteiger partial charge in [-0.2, -0.15) is 10.1 Å². The zero-order valence-corrected chi connectivity index (χ0v) is 12.9. The normalized spacial score (nSPS) is 21.0. The number of ether oxygens (including phenoxy) is 1. The molecule has 2 atom stereocenters. The summed E-state index contributed by atoms with van der Waals surface area (Å²) in [4.78, 5) is 8.64. The Bertz CT molecular complexity index is 851. The molecule has 3 aromatic rings. The van der Waals surface area contributed by atoms with Crippen molar-refractivity contribution in [3.63, 3.8) is 0 Å². The van der Waals surface area contributed by atoms with Crippen LogP contribution < -0.4 is 11.1 Å². The molecule has 2 aromatic heterocycles. The smallest absolute Gasteiger partial charge is 0.222 e. The SMILES string of the molecule is Nc1nc(N[C@H]2COC[C@@H](O)C2)c2ccc(-c3ccn[nH]3)cc2n1. The molecule has 1 aliphatic rings. The third-order valence-electron chi connectivity index (χ3n) is 4.05.